The van der Waals surface area contributed by atoms with Crippen molar-refractivity contribution in [2.75, 3.05) is 10.8 Å². The van der Waals surface area contributed by atoms with E-state index in [2.05, 4.69) is 11.4 Å². The van der Waals surface area contributed by atoms with Gasteiger partial charge >= 0.3 is 0 Å². The third-order valence-corrected chi connectivity index (χ3v) is 6.22. The molecule has 1 aromatic heterocycles. The van der Waals surface area contributed by atoms with Crippen LogP contribution in [-0.4, -0.2) is 20.2 Å². The summed E-state index contributed by atoms with van der Waals surface area (Å²) < 4.78 is 26.4. The molecule has 0 saturated heterocycles. The molecule has 1 aromatic carbocycles. The Morgan fingerprint density at radius 1 is 1.10 bits per heavy atom. The van der Waals surface area contributed by atoms with Crippen molar-refractivity contribution in [3.05, 3.63) is 41.1 Å². The van der Waals surface area contributed by atoms with Gasteiger partial charge in [-0.25, -0.2) is 8.42 Å². The third kappa shape index (κ3) is 3.47. The van der Waals surface area contributed by atoms with Crippen LogP contribution in [0.3, 0.4) is 0 Å². The van der Waals surface area contributed by atoms with Gasteiger partial charge in [-0.3, -0.25) is 4.31 Å². The lowest BCUT2D eigenvalue weighted by molar-refractivity contribution is 0.581. The molecule has 2 rings (SSSR count). The molecule has 5 heteroatoms. The van der Waals surface area contributed by atoms with Crippen molar-refractivity contribution in [3.63, 3.8) is 0 Å². The fourth-order valence-electron chi connectivity index (χ4n) is 2.11. The van der Waals surface area contributed by atoms with Crippen LogP contribution in [0.1, 0.15) is 27.2 Å². The summed E-state index contributed by atoms with van der Waals surface area (Å²) in [6, 6.07) is 9.81. The molecule has 1 heterocycles. The second kappa shape index (κ2) is 6.62. The van der Waals surface area contributed by atoms with E-state index in [1.807, 2.05) is 36.6 Å². The van der Waals surface area contributed by atoms with E-state index in [1.54, 1.807) is 25.2 Å². The lowest BCUT2D eigenvalue weighted by Crippen LogP contribution is -2.37. The molecule has 0 N–H and O–H groups in total. The predicted molar refractivity (Wildman–Crippen MR) is 91.4 cm³/mol. The standard InChI is InChI=1S/C16H21NO2S2/c1-4-10-17(21(18,19)13(2)3)16-7-5-14(6-8-16)15-9-11-20-12-15/h5-9,11-13H,4,10H2,1-3H3. The molecule has 0 saturated carbocycles. The Bertz CT molecular complexity index is 659. The summed E-state index contributed by atoms with van der Waals surface area (Å²) in [4.78, 5) is 0. The molecule has 0 bridgehead atoms. The Hall–Kier alpha value is -1.33. The zero-order valence-electron chi connectivity index (χ0n) is 12.6. The Morgan fingerprint density at radius 2 is 1.76 bits per heavy atom. The van der Waals surface area contributed by atoms with E-state index >= 15 is 0 Å². The Morgan fingerprint density at radius 3 is 2.24 bits per heavy atom. The SMILES string of the molecule is CCCN(c1ccc(-c2ccsc2)cc1)S(=O)(=O)C(C)C. The van der Waals surface area contributed by atoms with Gasteiger partial charge in [0, 0.05) is 6.54 Å². The first kappa shape index (κ1) is 16.0. The number of hydrogen-bond donors (Lipinski definition) is 0. The van der Waals surface area contributed by atoms with Gasteiger partial charge in [-0.05, 0) is 60.4 Å². The number of thiophene rings is 1. The Labute approximate surface area is 131 Å². The van der Waals surface area contributed by atoms with Crippen LogP contribution in [-0.2, 0) is 10.0 Å². The van der Waals surface area contributed by atoms with Crippen molar-refractivity contribution in [2.45, 2.75) is 32.4 Å². The largest absolute Gasteiger partial charge is 0.270 e. The molecule has 0 fully saturated rings. The van der Waals surface area contributed by atoms with Gasteiger partial charge in [0.1, 0.15) is 0 Å². The van der Waals surface area contributed by atoms with Crippen molar-refractivity contribution in [1.82, 2.24) is 0 Å². The van der Waals surface area contributed by atoms with Gasteiger partial charge in [0.25, 0.3) is 0 Å². The van der Waals surface area contributed by atoms with E-state index in [0.29, 0.717) is 6.54 Å². The maximum absolute atomic E-state index is 12.5. The maximum Gasteiger partial charge on any atom is 0.237 e. The first-order valence-corrected chi connectivity index (χ1v) is 9.55. The number of benzene rings is 1. The van der Waals surface area contributed by atoms with E-state index < -0.39 is 15.3 Å². The van der Waals surface area contributed by atoms with Gasteiger partial charge in [0.15, 0.2) is 0 Å². The van der Waals surface area contributed by atoms with Gasteiger partial charge in [0.05, 0.1) is 10.9 Å². The molecular formula is C16H21NO2S2. The van der Waals surface area contributed by atoms with Crippen LogP contribution < -0.4 is 4.31 Å². The highest BCUT2D eigenvalue weighted by molar-refractivity contribution is 7.93. The van der Waals surface area contributed by atoms with Crippen LogP contribution in [0.2, 0.25) is 0 Å². The molecule has 0 aliphatic heterocycles. The number of sulfonamides is 1. The van der Waals surface area contributed by atoms with Crippen LogP contribution >= 0.6 is 11.3 Å². The Kier molecular flexibility index (Phi) is 5.06. The first-order valence-electron chi connectivity index (χ1n) is 7.11. The molecule has 114 valence electrons. The third-order valence-electron chi connectivity index (χ3n) is 3.34. The minimum Gasteiger partial charge on any atom is -0.270 e. The number of hydrogen-bond acceptors (Lipinski definition) is 3. The smallest absolute Gasteiger partial charge is 0.237 e. The summed E-state index contributed by atoms with van der Waals surface area (Å²) in [5.41, 5.74) is 3.02. The molecule has 0 aliphatic carbocycles. The lowest BCUT2D eigenvalue weighted by Gasteiger charge is -2.26. The van der Waals surface area contributed by atoms with Crippen LogP contribution in [0.5, 0.6) is 0 Å². The van der Waals surface area contributed by atoms with Crippen LogP contribution in [0.25, 0.3) is 11.1 Å². The summed E-state index contributed by atoms with van der Waals surface area (Å²) in [6.45, 7) is 5.94. The molecule has 0 amide bonds. The van der Waals surface area contributed by atoms with E-state index in [4.69, 9.17) is 0 Å². The molecule has 0 aliphatic rings. The van der Waals surface area contributed by atoms with Crippen molar-refractivity contribution in [1.29, 1.82) is 0 Å². The fourth-order valence-corrected chi connectivity index (χ4v) is 4.14. The van der Waals surface area contributed by atoms with Crippen molar-refractivity contribution in [3.8, 4) is 11.1 Å². The monoisotopic (exact) mass is 323 g/mol. The minimum atomic E-state index is -3.29. The van der Waals surface area contributed by atoms with Gasteiger partial charge < -0.3 is 0 Å². The topological polar surface area (TPSA) is 37.4 Å². The van der Waals surface area contributed by atoms with Gasteiger partial charge in [0.2, 0.25) is 10.0 Å². The molecule has 0 unspecified atom stereocenters. The molecule has 0 atom stereocenters. The van der Waals surface area contributed by atoms with Crippen LogP contribution in [0, 0.1) is 0 Å². The summed E-state index contributed by atoms with van der Waals surface area (Å²) in [7, 11) is -3.29. The fraction of sp³-hybridized carbons (Fsp3) is 0.375. The van der Waals surface area contributed by atoms with Crippen LogP contribution in [0.15, 0.2) is 41.1 Å². The second-order valence-electron chi connectivity index (χ2n) is 5.22. The maximum atomic E-state index is 12.5. The zero-order valence-corrected chi connectivity index (χ0v) is 14.2. The van der Waals surface area contributed by atoms with Gasteiger partial charge in [-0.15, -0.1) is 0 Å². The molecule has 0 spiro atoms. The van der Waals surface area contributed by atoms with Crippen LogP contribution in [0.4, 0.5) is 5.69 Å². The summed E-state index contributed by atoms with van der Waals surface area (Å²) in [5.74, 6) is 0. The molecular weight excluding hydrogens is 302 g/mol. The highest BCUT2D eigenvalue weighted by atomic mass is 32.2. The predicted octanol–water partition coefficient (Wildman–Crippen LogP) is 4.37. The minimum absolute atomic E-state index is 0.416. The van der Waals surface area contributed by atoms with E-state index in [1.165, 1.54) is 9.87 Å². The quantitative estimate of drug-likeness (QED) is 0.791. The molecule has 2 aromatic rings. The van der Waals surface area contributed by atoms with E-state index in [-0.39, 0.29) is 0 Å². The lowest BCUT2D eigenvalue weighted by atomic mass is 10.1. The van der Waals surface area contributed by atoms with Gasteiger partial charge in [-0.1, -0.05) is 19.1 Å². The first-order chi connectivity index (χ1) is 9.96. The van der Waals surface area contributed by atoms with E-state index in [0.717, 1.165) is 17.7 Å². The van der Waals surface area contributed by atoms with Crippen molar-refractivity contribution < 1.29 is 8.42 Å². The number of nitrogens with zero attached hydrogens (tertiary/aromatic N) is 1. The second-order valence-corrected chi connectivity index (χ2v) is 8.42. The highest BCUT2D eigenvalue weighted by Gasteiger charge is 2.25. The average Bonchev–Trinajstić information content (AvgIpc) is 2.99. The molecule has 0 radical (unpaired) electrons. The van der Waals surface area contributed by atoms with E-state index in [9.17, 15) is 8.42 Å². The highest BCUT2D eigenvalue weighted by Crippen LogP contribution is 2.27. The average molecular weight is 323 g/mol. The number of anilines is 1. The normalized spacial score (nSPS) is 11.8. The van der Waals surface area contributed by atoms with Gasteiger partial charge in [-0.2, -0.15) is 11.3 Å². The zero-order chi connectivity index (χ0) is 15.5. The summed E-state index contributed by atoms with van der Waals surface area (Å²) in [5, 5.41) is 3.71. The van der Waals surface area contributed by atoms with Crippen molar-refractivity contribution in [2.24, 2.45) is 0 Å². The summed E-state index contributed by atoms with van der Waals surface area (Å²) >= 11 is 1.65. The molecule has 3 nitrogen and oxygen atoms in total. The van der Waals surface area contributed by atoms with Crippen molar-refractivity contribution >= 4 is 27.0 Å². The summed E-state index contributed by atoms with van der Waals surface area (Å²) in [6.07, 6.45) is 0.790. The molecule has 21 heavy (non-hydrogen) atoms. The Balaban J connectivity index is 2.34. The number of rotatable bonds is 6.